The van der Waals surface area contributed by atoms with Crippen LogP contribution < -0.4 is 21.7 Å². The third kappa shape index (κ3) is 9.26. The number of carbonyl (C=O) groups is 6. The van der Waals surface area contributed by atoms with Gasteiger partial charge in [0.05, 0.1) is 6.04 Å². The van der Waals surface area contributed by atoms with Crippen molar-refractivity contribution in [1.29, 1.82) is 0 Å². The summed E-state index contributed by atoms with van der Waals surface area (Å²) < 4.78 is 5.22. The van der Waals surface area contributed by atoms with Crippen molar-refractivity contribution in [2.45, 2.75) is 89.4 Å². The predicted octanol–water partition coefficient (Wildman–Crippen LogP) is 1.55. The van der Waals surface area contributed by atoms with Gasteiger partial charge in [0.15, 0.2) is 0 Å². The predicted molar refractivity (Wildman–Crippen MR) is 156 cm³/mol. The molecule has 1 aromatic rings. The van der Waals surface area contributed by atoms with E-state index in [2.05, 4.69) is 16.0 Å². The molecule has 12 nitrogen and oxygen atoms in total. The number of likely N-dealkylation sites (tertiary alicyclic amines) is 1. The van der Waals surface area contributed by atoms with Gasteiger partial charge in [0.25, 0.3) is 5.91 Å². The smallest absolute Gasteiger partial charge is 0.325 e. The lowest BCUT2D eigenvalue weighted by Crippen LogP contribution is -2.59. The van der Waals surface area contributed by atoms with Gasteiger partial charge < -0.3 is 31.3 Å². The maximum absolute atomic E-state index is 14.0. The molecule has 2 unspecified atom stereocenters. The second-order valence-electron chi connectivity index (χ2n) is 12.2. The quantitative estimate of drug-likeness (QED) is 0.197. The molecule has 43 heavy (non-hydrogen) atoms. The van der Waals surface area contributed by atoms with Crippen LogP contribution in [0.3, 0.4) is 0 Å². The number of ether oxygens (including phenoxy) is 1. The summed E-state index contributed by atoms with van der Waals surface area (Å²) in [6.45, 7) is 1.95. The minimum absolute atomic E-state index is 0.00800. The first-order valence-electron chi connectivity index (χ1n) is 15.3. The Kier molecular flexibility index (Phi) is 11.1. The summed E-state index contributed by atoms with van der Waals surface area (Å²) in [7, 11) is 0. The third-order valence-corrected chi connectivity index (χ3v) is 8.55. The fraction of sp³-hybridized carbons (Fsp3) is 0.613. The number of hydrogen-bond acceptors (Lipinski definition) is 7. The van der Waals surface area contributed by atoms with E-state index in [0.717, 1.165) is 50.5 Å². The largest absolute Gasteiger partial charge is 0.460 e. The molecule has 2 saturated carbocycles. The van der Waals surface area contributed by atoms with Crippen LogP contribution in [0.5, 0.6) is 0 Å². The highest BCUT2D eigenvalue weighted by Gasteiger charge is 2.44. The Morgan fingerprint density at radius 3 is 2.33 bits per heavy atom. The Morgan fingerprint density at radius 1 is 0.977 bits per heavy atom. The van der Waals surface area contributed by atoms with E-state index in [1.807, 2.05) is 37.3 Å². The van der Waals surface area contributed by atoms with E-state index in [9.17, 15) is 28.8 Å². The molecule has 0 bridgehead atoms. The van der Waals surface area contributed by atoms with Crippen LogP contribution >= 0.6 is 0 Å². The van der Waals surface area contributed by atoms with E-state index in [0.29, 0.717) is 19.4 Å². The molecule has 0 radical (unpaired) electrons. The Bertz CT molecular complexity index is 1180. The van der Waals surface area contributed by atoms with Gasteiger partial charge in [-0.1, -0.05) is 69.4 Å². The molecule has 3 aliphatic rings. The van der Waals surface area contributed by atoms with E-state index in [4.69, 9.17) is 10.5 Å². The van der Waals surface area contributed by atoms with Crippen LogP contribution in [0.1, 0.15) is 70.3 Å². The standard InChI is InChI=1S/C31H43N5O7/c1-19-14-24(29(40)34-23(15-20-12-13-20)27(38)28(32)39)36(17-19)30(41)26(22-10-6-3-7-11-22)35-31(42)33-16-25(37)43-18-21-8-4-2-5-9-21/h2,4-5,8-9,19-20,22-24,26H,3,6-7,10-18H2,1H3,(H2,32,39)(H,34,40)(H2,33,35,42)/t19-,23?,24+,26?/m1/s1. The lowest BCUT2D eigenvalue weighted by Gasteiger charge is -2.35. The molecule has 0 spiro atoms. The molecule has 5 N–H and O–H groups in total. The average molecular weight is 598 g/mol. The van der Waals surface area contributed by atoms with Crippen molar-refractivity contribution in [3.05, 3.63) is 35.9 Å². The number of ketones is 1. The van der Waals surface area contributed by atoms with Crippen LogP contribution in [0.4, 0.5) is 4.79 Å². The number of urea groups is 1. The SMILES string of the molecule is C[C@@H]1C[C@@H](C(=O)NC(CC2CC2)C(=O)C(N)=O)N(C(=O)C(NC(=O)NCC(=O)OCc2ccccc2)C2CCCCC2)C1. The topological polar surface area (TPSA) is 177 Å². The van der Waals surface area contributed by atoms with Crippen LogP contribution in [-0.4, -0.2) is 71.6 Å². The molecule has 1 saturated heterocycles. The minimum Gasteiger partial charge on any atom is -0.460 e. The maximum Gasteiger partial charge on any atom is 0.325 e. The van der Waals surface area contributed by atoms with Gasteiger partial charge in [0.2, 0.25) is 17.6 Å². The van der Waals surface area contributed by atoms with E-state index in [1.165, 1.54) is 4.90 Å². The first-order chi connectivity index (χ1) is 20.6. The van der Waals surface area contributed by atoms with Gasteiger partial charge in [-0.15, -0.1) is 0 Å². The number of esters is 1. The Labute approximate surface area is 251 Å². The van der Waals surface area contributed by atoms with Crippen molar-refractivity contribution in [2.24, 2.45) is 23.5 Å². The Morgan fingerprint density at radius 2 is 1.67 bits per heavy atom. The maximum atomic E-state index is 14.0. The summed E-state index contributed by atoms with van der Waals surface area (Å²) in [5.74, 6) is -3.31. The number of hydrogen-bond donors (Lipinski definition) is 4. The van der Waals surface area contributed by atoms with Crippen LogP contribution in [0.25, 0.3) is 0 Å². The highest BCUT2D eigenvalue weighted by atomic mass is 16.5. The van der Waals surface area contributed by atoms with E-state index in [1.54, 1.807) is 0 Å². The molecule has 234 valence electrons. The molecule has 1 aromatic carbocycles. The lowest BCUT2D eigenvalue weighted by molar-refractivity contribution is -0.143. The van der Waals surface area contributed by atoms with Gasteiger partial charge in [-0.05, 0) is 49.0 Å². The van der Waals surface area contributed by atoms with Crippen LogP contribution in [0.2, 0.25) is 0 Å². The monoisotopic (exact) mass is 597 g/mol. The average Bonchev–Trinajstić information content (AvgIpc) is 3.74. The zero-order valence-electron chi connectivity index (χ0n) is 24.7. The molecular formula is C31H43N5O7. The molecule has 5 amide bonds. The molecule has 12 heteroatoms. The van der Waals surface area contributed by atoms with Gasteiger partial charge in [0, 0.05) is 6.54 Å². The highest BCUT2D eigenvalue weighted by Crippen LogP contribution is 2.34. The fourth-order valence-electron chi connectivity index (χ4n) is 6.06. The van der Waals surface area contributed by atoms with Crippen molar-refractivity contribution in [3.63, 3.8) is 0 Å². The van der Waals surface area contributed by atoms with Gasteiger partial charge in [-0.2, -0.15) is 0 Å². The zero-order valence-corrected chi connectivity index (χ0v) is 24.7. The second-order valence-corrected chi connectivity index (χ2v) is 12.2. The fourth-order valence-corrected chi connectivity index (χ4v) is 6.06. The van der Waals surface area contributed by atoms with Crippen molar-refractivity contribution in [3.8, 4) is 0 Å². The number of carbonyl (C=O) groups excluding carboxylic acids is 6. The summed E-state index contributed by atoms with van der Waals surface area (Å²) in [6, 6.07) is 5.72. The molecule has 1 heterocycles. The molecule has 2 aliphatic carbocycles. The summed E-state index contributed by atoms with van der Waals surface area (Å²) in [5.41, 5.74) is 6.05. The van der Waals surface area contributed by atoms with E-state index >= 15 is 0 Å². The van der Waals surface area contributed by atoms with Crippen molar-refractivity contribution >= 4 is 35.5 Å². The molecule has 1 aliphatic heterocycles. The summed E-state index contributed by atoms with van der Waals surface area (Å²) in [4.78, 5) is 78.1. The Balaban J connectivity index is 1.39. The number of primary amides is 1. The third-order valence-electron chi connectivity index (χ3n) is 8.55. The number of Topliss-reactive ketones (excluding diaryl/α,β-unsaturated/α-hetero) is 1. The van der Waals surface area contributed by atoms with Crippen LogP contribution in [-0.2, 0) is 35.3 Å². The molecular weight excluding hydrogens is 554 g/mol. The van der Waals surface area contributed by atoms with Crippen molar-refractivity contribution in [2.75, 3.05) is 13.1 Å². The van der Waals surface area contributed by atoms with Gasteiger partial charge >= 0.3 is 12.0 Å². The number of amides is 5. The van der Waals surface area contributed by atoms with E-state index in [-0.39, 0.29) is 36.8 Å². The summed E-state index contributed by atoms with van der Waals surface area (Å²) >= 11 is 0. The number of rotatable bonds is 13. The number of nitrogens with two attached hydrogens (primary N) is 1. The molecule has 4 rings (SSSR count). The normalized spacial score (nSPS) is 21.7. The Hall–Kier alpha value is -3.96. The van der Waals surface area contributed by atoms with Crippen molar-refractivity contribution < 1.29 is 33.5 Å². The van der Waals surface area contributed by atoms with E-state index < -0.39 is 47.7 Å². The van der Waals surface area contributed by atoms with Gasteiger partial charge in [-0.3, -0.25) is 24.0 Å². The van der Waals surface area contributed by atoms with Crippen LogP contribution in [0.15, 0.2) is 30.3 Å². The first-order valence-corrected chi connectivity index (χ1v) is 15.3. The second kappa shape index (κ2) is 15.0. The summed E-state index contributed by atoms with van der Waals surface area (Å²) in [6.07, 6.45) is 6.93. The van der Waals surface area contributed by atoms with Crippen LogP contribution in [0, 0.1) is 17.8 Å². The first kappa shape index (κ1) is 32.0. The summed E-state index contributed by atoms with van der Waals surface area (Å²) in [5, 5.41) is 7.97. The number of nitrogens with zero attached hydrogens (tertiary/aromatic N) is 1. The van der Waals surface area contributed by atoms with Gasteiger partial charge in [0.1, 0.15) is 25.2 Å². The van der Waals surface area contributed by atoms with Crippen molar-refractivity contribution in [1.82, 2.24) is 20.9 Å². The zero-order chi connectivity index (χ0) is 30.9. The molecule has 4 atom stereocenters. The number of nitrogens with one attached hydrogen (secondary N) is 3. The highest BCUT2D eigenvalue weighted by molar-refractivity contribution is 6.37. The lowest BCUT2D eigenvalue weighted by atomic mass is 9.83. The minimum atomic E-state index is -1.10. The number of benzene rings is 1. The van der Waals surface area contributed by atoms with Gasteiger partial charge in [-0.25, -0.2) is 4.79 Å². The molecule has 3 fully saturated rings. The molecule has 0 aromatic heterocycles.